The molecule has 0 amide bonds. The number of nitrogens with one attached hydrogen (secondary N) is 1. The van der Waals surface area contributed by atoms with Crippen molar-refractivity contribution in [2.75, 3.05) is 0 Å². The SMILES string of the molecule is C#Cc1cccc(C[C@@](C)(C#N)c2ccc3cc(CC)c(=O)[nH]c3c2)c1. The number of nitrogens with zero attached hydrogens (tertiary/aromatic N) is 1. The molecule has 3 aromatic rings. The second kappa shape index (κ2) is 6.90. The molecule has 0 radical (unpaired) electrons. The normalized spacial score (nSPS) is 12.9. The Morgan fingerprint density at radius 3 is 2.69 bits per heavy atom. The van der Waals surface area contributed by atoms with Crippen molar-refractivity contribution in [3.63, 3.8) is 0 Å². The van der Waals surface area contributed by atoms with E-state index in [-0.39, 0.29) is 5.56 Å². The van der Waals surface area contributed by atoms with E-state index in [1.165, 1.54) is 0 Å². The van der Waals surface area contributed by atoms with Gasteiger partial charge in [0.15, 0.2) is 0 Å². The van der Waals surface area contributed by atoms with Gasteiger partial charge < -0.3 is 4.98 Å². The lowest BCUT2D eigenvalue weighted by Gasteiger charge is -2.23. The molecule has 1 heterocycles. The minimum atomic E-state index is -0.721. The van der Waals surface area contributed by atoms with Crippen LogP contribution in [0.25, 0.3) is 10.9 Å². The quantitative estimate of drug-likeness (QED) is 0.727. The Balaban J connectivity index is 2.05. The number of benzene rings is 2. The molecule has 0 aliphatic heterocycles. The Bertz CT molecular complexity index is 1110. The summed E-state index contributed by atoms with van der Waals surface area (Å²) in [7, 11) is 0. The first-order valence-electron chi connectivity index (χ1n) is 8.62. The second-order valence-corrected chi connectivity index (χ2v) is 6.74. The minimum absolute atomic E-state index is 0.0717. The predicted octanol–water partition coefficient (Wildman–Crippen LogP) is 4.10. The number of aromatic amines is 1. The molecule has 0 aliphatic rings. The number of hydrogen-bond donors (Lipinski definition) is 1. The van der Waals surface area contributed by atoms with Crippen LogP contribution in [0, 0.1) is 23.7 Å². The van der Waals surface area contributed by atoms with Crippen LogP contribution >= 0.6 is 0 Å². The van der Waals surface area contributed by atoms with Crippen molar-refractivity contribution in [1.29, 1.82) is 5.26 Å². The maximum absolute atomic E-state index is 12.1. The van der Waals surface area contributed by atoms with E-state index >= 15 is 0 Å². The summed E-state index contributed by atoms with van der Waals surface area (Å²) in [5.74, 6) is 2.63. The van der Waals surface area contributed by atoms with Gasteiger partial charge in [0.1, 0.15) is 0 Å². The third-order valence-corrected chi connectivity index (χ3v) is 4.84. The van der Waals surface area contributed by atoms with Gasteiger partial charge in [0.25, 0.3) is 5.56 Å². The molecule has 0 fully saturated rings. The van der Waals surface area contributed by atoms with E-state index in [0.29, 0.717) is 12.8 Å². The van der Waals surface area contributed by atoms with Crippen LogP contribution in [0.1, 0.15) is 36.1 Å². The van der Waals surface area contributed by atoms with E-state index in [1.807, 2.05) is 62.4 Å². The summed E-state index contributed by atoms with van der Waals surface area (Å²) in [6, 6.07) is 17.9. The largest absolute Gasteiger partial charge is 0.322 e. The van der Waals surface area contributed by atoms with Gasteiger partial charge in [0, 0.05) is 16.6 Å². The van der Waals surface area contributed by atoms with Crippen LogP contribution in [0.5, 0.6) is 0 Å². The van der Waals surface area contributed by atoms with E-state index in [2.05, 4.69) is 17.0 Å². The van der Waals surface area contributed by atoms with Crippen molar-refractivity contribution in [2.45, 2.75) is 32.1 Å². The number of aryl methyl sites for hydroxylation is 1. The summed E-state index contributed by atoms with van der Waals surface area (Å²) in [5.41, 5.74) is 3.41. The number of rotatable bonds is 4. The van der Waals surface area contributed by atoms with E-state index in [4.69, 9.17) is 6.42 Å². The molecule has 1 N–H and O–H groups in total. The number of hydrogen-bond acceptors (Lipinski definition) is 2. The number of aromatic nitrogens is 1. The Kier molecular flexibility index (Phi) is 4.65. The third-order valence-electron chi connectivity index (χ3n) is 4.84. The molecule has 0 unspecified atom stereocenters. The van der Waals surface area contributed by atoms with Gasteiger partial charge >= 0.3 is 0 Å². The lowest BCUT2D eigenvalue weighted by Crippen LogP contribution is -2.23. The van der Waals surface area contributed by atoms with E-state index in [0.717, 1.165) is 33.2 Å². The van der Waals surface area contributed by atoms with E-state index in [9.17, 15) is 10.1 Å². The molecular weight excluding hydrogens is 320 g/mol. The Morgan fingerprint density at radius 2 is 2.00 bits per heavy atom. The highest BCUT2D eigenvalue weighted by Gasteiger charge is 2.27. The number of nitriles is 1. The van der Waals surface area contributed by atoms with Gasteiger partial charge in [-0.3, -0.25) is 4.79 Å². The standard InChI is InChI=1S/C23H20N2O/c1-4-16-7-6-8-17(11-16)14-23(3,15-24)20-10-9-19-12-18(5-2)22(26)25-21(19)13-20/h1,6-13H,5,14H2,2-3H3,(H,25,26)/t23-/m0/s1. The molecule has 0 bridgehead atoms. The summed E-state index contributed by atoms with van der Waals surface area (Å²) in [5, 5.41) is 10.8. The van der Waals surface area contributed by atoms with Crippen molar-refractivity contribution in [3.8, 4) is 18.4 Å². The first kappa shape index (κ1) is 17.5. The molecule has 0 aliphatic carbocycles. The molecule has 3 nitrogen and oxygen atoms in total. The van der Waals surface area contributed by atoms with Crippen molar-refractivity contribution >= 4 is 10.9 Å². The molecule has 2 aromatic carbocycles. The Morgan fingerprint density at radius 1 is 1.19 bits per heavy atom. The second-order valence-electron chi connectivity index (χ2n) is 6.74. The third kappa shape index (κ3) is 3.25. The number of H-pyrrole nitrogens is 1. The average Bonchev–Trinajstić information content (AvgIpc) is 2.67. The zero-order valence-electron chi connectivity index (χ0n) is 15.0. The average molecular weight is 340 g/mol. The Hall–Kier alpha value is -3.30. The van der Waals surface area contributed by atoms with Crippen LogP contribution in [-0.2, 0) is 18.3 Å². The number of fused-ring (bicyclic) bond motifs is 1. The highest BCUT2D eigenvalue weighted by Crippen LogP contribution is 2.30. The van der Waals surface area contributed by atoms with Crippen molar-refractivity contribution in [3.05, 3.63) is 81.1 Å². The Labute approximate surface area is 153 Å². The molecule has 1 aromatic heterocycles. The summed E-state index contributed by atoms with van der Waals surface area (Å²) in [6.07, 6.45) is 6.71. The topological polar surface area (TPSA) is 56.6 Å². The van der Waals surface area contributed by atoms with Crippen LogP contribution in [0.2, 0.25) is 0 Å². The van der Waals surface area contributed by atoms with Crippen LogP contribution in [0.15, 0.2) is 53.3 Å². The predicted molar refractivity (Wildman–Crippen MR) is 105 cm³/mol. The van der Waals surface area contributed by atoms with Crippen molar-refractivity contribution < 1.29 is 0 Å². The van der Waals surface area contributed by atoms with E-state index in [1.54, 1.807) is 0 Å². The van der Waals surface area contributed by atoms with E-state index < -0.39 is 5.41 Å². The fourth-order valence-electron chi connectivity index (χ4n) is 3.24. The zero-order chi connectivity index (χ0) is 18.7. The molecule has 1 atom stereocenters. The summed E-state index contributed by atoms with van der Waals surface area (Å²) in [4.78, 5) is 15.1. The van der Waals surface area contributed by atoms with Gasteiger partial charge in [0.05, 0.1) is 11.5 Å². The van der Waals surface area contributed by atoms with Gasteiger partial charge in [-0.2, -0.15) is 5.26 Å². The number of pyridine rings is 1. The lowest BCUT2D eigenvalue weighted by atomic mass is 9.78. The highest BCUT2D eigenvalue weighted by molar-refractivity contribution is 5.80. The molecule has 0 saturated heterocycles. The van der Waals surface area contributed by atoms with Crippen LogP contribution in [0.4, 0.5) is 0 Å². The van der Waals surface area contributed by atoms with Gasteiger partial charge in [-0.15, -0.1) is 6.42 Å². The molecular formula is C23H20N2O. The number of terminal acetylenes is 1. The molecule has 128 valence electrons. The van der Waals surface area contributed by atoms with Crippen LogP contribution < -0.4 is 5.56 Å². The van der Waals surface area contributed by atoms with Gasteiger partial charge in [-0.05, 0) is 60.5 Å². The molecule has 3 heteroatoms. The maximum Gasteiger partial charge on any atom is 0.251 e. The van der Waals surface area contributed by atoms with Crippen molar-refractivity contribution in [1.82, 2.24) is 4.98 Å². The molecule has 26 heavy (non-hydrogen) atoms. The fraction of sp³-hybridized carbons (Fsp3) is 0.217. The van der Waals surface area contributed by atoms with Crippen LogP contribution in [-0.4, -0.2) is 4.98 Å². The van der Waals surface area contributed by atoms with Crippen LogP contribution in [0.3, 0.4) is 0 Å². The first-order chi connectivity index (χ1) is 12.5. The molecule has 0 saturated carbocycles. The van der Waals surface area contributed by atoms with Gasteiger partial charge in [-0.25, -0.2) is 0 Å². The highest BCUT2D eigenvalue weighted by atomic mass is 16.1. The summed E-state index contributed by atoms with van der Waals surface area (Å²) >= 11 is 0. The zero-order valence-corrected chi connectivity index (χ0v) is 15.0. The molecule has 0 spiro atoms. The van der Waals surface area contributed by atoms with Gasteiger partial charge in [0.2, 0.25) is 0 Å². The summed E-state index contributed by atoms with van der Waals surface area (Å²) in [6.45, 7) is 3.87. The van der Waals surface area contributed by atoms with Crippen molar-refractivity contribution in [2.24, 2.45) is 0 Å². The smallest absolute Gasteiger partial charge is 0.251 e. The monoisotopic (exact) mass is 340 g/mol. The summed E-state index contributed by atoms with van der Waals surface area (Å²) < 4.78 is 0. The lowest BCUT2D eigenvalue weighted by molar-refractivity contribution is 0.607. The minimum Gasteiger partial charge on any atom is -0.322 e. The maximum atomic E-state index is 12.1. The molecule has 3 rings (SSSR count). The van der Waals surface area contributed by atoms with Gasteiger partial charge in [-0.1, -0.05) is 37.1 Å². The first-order valence-corrected chi connectivity index (χ1v) is 8.62. The fourth-order valence-corrected chi connectivity index (χ4v) is 3.24.